The standard InChI is InChI=1S/C10H8ClNO2/c1-14-10(13)7-2-3-8(11)6-4-5-12-9(6)7/h2-5,12H,1H3. The lowest BCUT2D eigenvalue weighted by Crippen LogP contribution is -2.01. The van der Waals surface area contributed by atoms with Crippen LogP contribution in [0, 0.1) is 0 Å². The number of fused-ring (bicyclic) bond motifs is 1. The molecule has 0 aliphatic carbocycles. The molecule has 0 saturated carbocycles. The van der Waals surface area contributed by atoms with E-state index in [0.717, 1.165) is 5.39 Å². The largest absolute Gasteiger partial charge is 0.465 e. The Labute approximate surface area is 85.6 Å². The molecule has 14 heavy (non-hydrogen) atoms. The Hall–Kier alpha value is -1.48. The van der Waals surface area contributed by atoms with Crippen LogP contribution in [0.1, 0.15) is 10.4 Å². The topological polar surface area (TPSA) is 42.1 Å². The third-order valence-corrected chi connectivity index (χ3v) is 2.40. The second-order valence-electron chi connectivity index (χ2n) is 2.85. The van der Waals surface area contributed by atoms with Crippen molar-refractivity contribution in [3.63, 3.8) is 0 Å². The van der Waals surface area contributed by atoms with Gasteiger partial charge < -0.3 is 9.72 Å². The number of aromatic amines is 1. The summed E-state index contributed by atoms with van der Waals surface area (Å²) in [5.74, 6) is -0.367. The van der Waals surface area contributed by atoms with Crippen LogP contribution in [0.15, 0.2) is 24.4 Å². The van der Waals surface area contributed by atoms with Crippen LogP contribution in [0.4, 0.5) is 0 Å². The Kier molecular flexibility index (Phi) is 2.17. The predicted molar refractivity (Wildman–Crippen MR) is 54.6 cm³/mol. The van der Waals surface area contributed by atoms with Gasteiger partial charge in [-0.1, -0.05) is 11.6 Å². The van der Waals surface area contributed by atoms with Crippen molar-refractivity contribution in [3.05, 3.63) is 35.0 Å². The van der Waals surface area contributed by atoms with E-state index in [-0.39, 0.29) is 5.97 Å². The number of hydrogen-bond acceptors (Lipinski definition) is 2. The maximum atomic E-state index is 11.4. The van der Waals surface area contributed by atoms with Crippen molar-refractivity contribution in [1.82, 2.24) is 4.98 Å². The van der Waals surface area contributed by atoms with Crippen molar-refractivity contribution in [2.24, 2.45) is 0 Å². The molecule has 0 radical (unpaired) electrons. The Morgan fingerprint density at radius 2 is 2.21 bits per heavy atom. The number of hydrogen-bond donors (Lipinski definition) is 1. The van der Waals surface area contributed by atoms with E-state index in [2.05, 4.69) is 9.72 Å². The minimum absolute atomic E-state index is 0.367. The molecule has 72 valence electrons. The van der Waals surface area contributed by atoms with Gasteiger partial charge in [-0.3, -0.25) is 0 Å². The van der Waals surface area contributed by atoms with Crippen molar-refractivity contribution in [1.29, 1.82) is 0 Å². The molecule has 4 heteroatoms. The van der Waals surface area contributed by atoms with Gasteiger partial charge in [0, 0.05) is 16.6 Å². The fraction of sp³-hybridized carbons (Fsp3) is 0.100. The van der Waals surface area contributed by atoms with Crippen LogP contribution in [0.3, 0.4) is 0 Å². The minimum Gasteiger partial charge on any atom is -0.465 e. The van der Waals surface area contributed by atoms with Gasteiger partial charge in [-0.25, -0.2) is 4.79 Å². The van der Waals surface area contributed by atoms with Gasteiger partial charge in [-0.05, 0) is 18.2 Å². The molecule has 0 saturated heterocycles. The molecule has 0 aliphatic rings. The third kappa shape index (κ3) is 1.26. The molecule has 3 nitrogen and oxygen atoms in total. The van der Waals surface area contributed by atoms with Crippen molar-refractivity contribution in [2.75, 3.05) is 7.11 Å². The lowest BCUT2D eigenvalue weighted by molar-refractivity contribution is 0.0603. The van der Waals surface area contributed by atoms with E-state index in [1.165, 1.54) is 7.11 Å². The molecule has 0 spiro atoms. The minimum atomic E-state index is -0.367. The highest BCUT2D eigenvalue weighted by atomic mass is 35.5. The molecule has 0 fully saturated rings. The van der Waals surface area contributed by atoms with E-state index in [1.54, 1.807) is 18.3 Å². The molecule has 2 rings (SSSR count). The van der Waals surface area contributed by atoms with E-state index < -0.39 is 0 Å². The van der Waals surface area contributed by atoms with Gasteiger partial charge in [0.1, 0.15) is 0 Å². The normalized spacial score (nSPS) is 10.4. The van der Waals surface area contributed by atoms with E-state index in [1.807, 2.05) is 6.07 Å². The van der Waals surface area contributed by atoms with Gasteiger partial charge in [-0.15, -0.1) is 0 Å². The van der Waals surface area contributed by atoms with Gasteiger partial charge in [0.05, 0.1) is 18.2 Å². The first kappa shape index (κ1) is 9.09. The maximum absolute atomic E-state index is 11.4. The summed E-state index contributed by atoms with van der Waals surface area (Å²) >= 11 is 5.95. The van der Waals surface area contributed by atoms with Crippen LogP contribution in [-0.2, 0) is 4.74 Å². The number of benzene rings is 1. The highest BCUT2D eigenvalue weighted by Gasteiger charge is 2.12. The van der Waals surface area contributed by atoms with Gasteiger partial charge in [-0.2, -0.15) is 0 Å². The molecular formula is C10H8ClNO2. The van der Waals surface area contributed by atoms with Crippen molar-refractivity contribution < 1.29 is 9.53 Å². The Morgan fingerprint density at radius 1 is 1.43 bits per heavy atom. The van der Waals surface area contributed by atoms with E-state index in [9.17, 15) is 4.79 Å². The Balaban J connectivity index is 2.72. The molecule has 0 bridgehead atoms. The van der Waals surface area contributed by atoms with Gasteiger partial charge in [0.25, 0.3) is 0 Å². The molecule has 0 amide bonds. The van der Waals surface area contributed by atoms with Crippen molar-refractivity contribution >= 4 is 28.5 Å². The molecule has 2 aromatic rings. The smallest absolute Gasteiger partial charge is 0.339 e. The van der Waals surface area contributed by atoms with Crippen LogP contribution in [0.5, 0.6) is 0 Å². The second-order valence-corrected chi connectivity index (χ2v) is 3.26. The first-order valence-electron chi connectivity index (χ1n) is 4.08. The van der Waals surface area contributed by atoms with Gasteiger partial charge in [0.15, 0.2) is 0 Å². The summed E-state index contributed by atoms with van der Waals surface area (Å²) in [6, 6.07) is 5.15. The maximum Gasteiger partial charge on any atom is 0.339 e. The lowest BCUT2D eigenvalue weighted by atomic mass is 10.1. The molecule has 1 N–H and O–H groups in total. The number of esters is 1. The number of carbonyl (C=O) groups excluding carboxylic acids is 1. The number of nitrogens with one attached hydrogen (secondary N) is 1. The zero-order valence-electron chi connectivity index (χ0n) is 7.50. The number of H-pyrrole nitrogens is 1. The number of halogens is 1. The summed E-state index contributed by atoms with van der Waals surface area (Å²) in [7, 11) is 1.35. The average molecular weight is 210 g/mol. The highest BCUT2D eigenvalue weighted by molar-refractivity contribution is 6.36. The van der Waals surface area contributed by atoms with Gasteiger partial charge >= 0.3 is 5.97 Å². The van der Waals surface area contributed by atoms with Gasteiger partial charge in [0.2, 0.25) is 0 Å². The van der Waals surface area contributed by atoms with Crippen molar-refractivity contribution in [2.45, 2.75) is 0 Å². The Morgan fingerprint density at radius 3 is 2.93 bits per heavy atom. The van der Waals surface area contributed by atoms with Crippen molar-refractivity contribution in [3.8, 4) is 0 Å². The molecule has 0 atom stereocenters. The van der Waals surface area contributed by atoms with E-state index in [4.69, 9.17) is 11.6 Å². The van der Waals surface area contributed by atoms with Crippen LogP contribution < -0.4 is 0 Å². The van der Waals surface area contributed by atoms with E-state index in [0.29, 0.717) is 16.1 Å². The predicted octanol–water partition coefficient (Wildman–Crippen LogP) is 2.61. The molecule has 1 aromatic carbocycles. The summed E-state index contributed by atoms with van der Waals surface area (Å²) in [6.07, 6.45) is 1.74. The second kappa shape index (κ2) is 3.35. The SMILES string of the molecule is COC(=O)c1ccc(Cl)c2cc[nH]c12. The Bertz CT molecular complexity index is 490. The number of carbonyl (C=O) groups is 1. The average Bonchev–Trinajstić information content (AvgIpc) is 2.67. The highest BCUT2D eigenvalue weighted by Crippen LogP contribution is 2.25. The number of ether oxygens (including phenoxy) is 1. The van der Waals surface area contributed by atoms with E-state index >= 15 is 0 Å². The number of aromatic nitrogens is 1. The number of rotatable bonds is 1. The molecule has 1 heterocycles. The fourth-order valence-electron chi connectivity index (χ4n) is 1.40. The lowest BCUT2D eigenvalue weighted by Gasteiger charge is -2.01. The molecule has 1 aromatic heterocycles. The van der Waals surface area contributed by atoms with Crippen LogP contribution in [-0.4, -0.2) is 18.1 Å². The first-order valence-corrected chi connectivity index (χ1v) is 4.45. The fourth-order valence-corrected chi connectivity index (χ4v) is 1.62. The number of methoxy groups -OCH3 is 1. The first-order chi connectivity index (χ1) is 6.74. The monoisotopic (exact) mass is 209 g/mol. The van der Waals surface area contributed by atoms with Crippen LogP contribution in [0.2, 0.25) is 5.02 Å². The molecule has 0 aliphatic heterocycles. The zero-order chi connectivity index (χ0) is 10.1. The molecule has 0 unspecified atom stereocenters. The zero-order valence-corrected chi connectivity index (χ0v) is 8.26. The summed E-state index contributed by atoms with van der Waals surface area (Å²) in [6.45, 7) is 0. The summed E-state index contributed by atoms with van der Waals surface area (Å²) in [5.41, 5.74) is 1.21. The summed E-state index contributed by atoms with van der Waals surface area (Å²) < 4.78 is 4.65. The van der Waals surface area contributed by atoms with Crippen LogP contribution >= 0.6 is 11.6 Å². The summed E-state index contributed by atoms with van der Waals surface area (Å²) in [5, 5.41) is 1.45. The van der Waals surface area contributed by atoms with Crippen LogP contribution in [0.25, 0.3) is 10.9 Å². The quantitative estimate of drug-likeness (QED) is 0.734. The third-order valence-electron chi connectivity index (χ3n) is 2.08. The molecular weight excluding hydrogens is 202 g/mol. The summed E-state index contributed by atoms with van der Waals surface area (Å²) in [4.78, 5) is 14.3.